The van der Waals surface area contributed by atoms with Crippen molar-refractivity contribution in [3.63, 3.8) is 0 Å². The monoisotopic (exact) mass is 629 g/mol. The van der Waals surface area contributed by atoms with Gasteiger partial charge in [0.1, 0.15) is 12.1 Å². The van der Waals surface area contributed by atoms with Crippen LogP contribution in [0, 0.1) is 46.2 Å². The molecule has 234 valence electrons. The Bertz CT molecular complexity index is 1240. The fourth-order valence-electron chi connectivity index (χ4n) is 6.83. The summed E-state index contributed by atoms with van der Waals surface area (Å²) in [5, 5.41) is 20.8. The van der Waals surface area contributed by atoms with Gasteiger partial charge in [-0.25, -0.2) is 4.39 Å². The number of hydrogen-bond acceptors (Lipinski definition) is 6. The van der Waals surface area contributed by atoms with Crippen molar-refractivity contribution in [2.45, 2.75) is 63.8 Å². The average Bonchev–Trinajstić information content (AvgIpc) is 3.82. The number of allylic oxidation sites excluding steroid dienone is 3. The van der Waals surface area contributed by atoms with Gasteiger partial charge in [0.05, 0.1) is 16.8 Å². The first kappa shape index (κ1) is 33.7. The normalized spacial score (nSPS) is 25.7. The molecule has 1 aromatic carbocycles. The quantitative estimate of drug-likeness (QED) is 0.114. The predicted molar refractivity (Wildman–Crippen MR) is 177 cm³/mol. The molecule has 0 radical (unpaired) electrons. The van der Waals surface area contributed by atoms with Crippen LogP contribution in [0.1, 0.15) is 63.4 Å². The highest BCUT2D eigenvalue weighted by molar-refractivity contribution is 6.36. The van der Waals surface area contributed by atoms with E-state index in [1.54, 1.807) is 6.07 Å². The van der Waals surface area contributed by atoms with Crippen molar-refractivity contribution in [3.8, 4) is 0 Å². The zero-order valence-corrected chi connectivity index (χ0v) is 26.9. The van der Waals surface area contributed by atoms with Gasteiger partial charge in [0.2, 0.25) is 0 Å². The van der Waals surface area contributed by atoms with E-state index in [1.165, 1.54) is 12.3 Å². The Labute approximate surface area is 266 Å². The maximum absolute atomic E-state index is 14.2. The van der Waals surface area contributed by atoms with E-state index in [0.717, 1.165) is 82.1 Å². The molecule has 6 atom stereocenters. The smallest absolute Gasteiger partial charge is 0.142 e. The molecule has 3 aliphatic rings. The van der Waals surface area contributed by atoms with E-state index < -0.39 is 5.82 Å². The number of nitrogens with one attached hydrogen (secondary N) is 3. The lowest BCUT2D eigenvalue weighted by Gasteiger charge is -2.30. The fraction of sp³-hybridized carbons (Fsp3) is 0.588. The van der Waals surface area contributed by atoms with Crippen LogP contribution in [-0.4, -0.2) is 68.6 Å². The molecular formula is C34H46Cl2FN5O. The molecule has 2 aliphatic carbocycles. The van der Waals surface area contributed by atoms with Gasteiger partial charge in [-0.2, -0.15) is 0 Å². The molecule has 0 spiro atoms. The van der Waals surface area contributed by atoms with Gasteiger partial charge in [0.15, 0.2) is 0 Å². The van der Waals surface area contributed by atoms with Gasteiger partial charge >= 0.3 is 0 Å². The molecule has 1 aromatic rings. The van der Waals surface area contributed by atoms with E-state index in [9.17, 15) is 9.18 Å². The van der Waals surface area contributed by atoms with E-state index >= 15 is 0 Å². The Morgan fingerprint density at radius 3 is 2.67 bits per heavy atom. The number of piperidine rings is 1. The van der Waals surface area contributed by atoms with Crippen LogP contribution < -0.4 is 5.32 Å². The van der Waals surface area contributed by atoms with Gasteiger partial charge in [-0.15, -0.1) is 0 Å². The van der Waals surface area contributed by atoms with Crippen LogP contribution in [0.25, 0.3) is 0 Å². The summed E-state index contributed by atoms with van der Waals surface area (Å²) in [5.74, 6) is -0.132. The first-order valence-electron chi connectivity index (χ1n) is 15.7. The summed E-state index contributed by atoms with van der Waals surface area (Å²) >= 11 is 12.8. The van der Waals surface area contributed by atoms with Crippen LogP contribution in [0.2, 0.25) is 10.0 Å². The van der Waals surface area contributed by atoms with Gasteiger partial charge in [-0.3, -0.25) is 4.99 Å². The predicted octanol–water partition coefficient (Wildman–Crippen LogP) is 7.40. The minimum atomic E-state index is -0.466. The van der Waals surface area contributed by atoms with Crippen LogP contribution in [0.4, 0.5) is 4.39 Å². The largest absolute Gasteiger partial charge is 0.319 e. The maximum Gasteiger partial charge on any atom is 0.142 e. The number of rotatable bonds is 14. The van der Waals surface area contributed by atoms with E-state index in [1.807, 2.05) is 20.2 Å². The van der Waals surface area contributed by atoms with Crippen molar-refractivity contribution in [1.29, 1.82) is 10.8 Å². The molecule has 3 N–H and O–H groups in total. The summed E-state index contributed by atoms with van der Waals surface area (Å²) < 4.78 is 14.2. The molecule has 6 nitrogen and oxygen atoms in total. The molecule has 1 heterocycles. The van der Waals surface area contributed by atoms with Crippen molar-refractivity contribution in [2.75, 3.05) is 33.2 Å². The minimum absolute atomic E-state index is 0.0462. The Kier molecular flexibility index (Phi) is 12.3. The van der Waals surface area contributed by atoms with Gasteiger partial charge in [0.25, 0.3) is 0 Å². The maximum atomic E-state index is 14.2. The number of likely N-dealkylation sites (tertiary alicyclic amines) is 1. The molecule has 0 bridgehead atoms. The van der Waals surface area contributed by atoms with Crippen LogP contribution in [0.15, 0.2) is 40.9 Å². The van der Waals surface area contributed by atoms with Crippen molar-refractivity contribution in [2.24, 2.45) is 34.6 Å². The van der Waals surface area contributed by atoms with Gasteiger partial charge < -0.3 is 25.8 Å². The zero-order valence-electron chi connectivity index (χ0n) is 25.4. The number of aliphatic imine (C=N–C) groups is 1. The number of nitrogens with zero attached hydrogens (tertiary/aromatic N) is 2. The zero-order chi connectivity index (χ0) is 31.1. The van der Waals surface area contributed by atoms with Crippen LogP contribution in [-0.2, 0) is 4.79 Å². The molecule has 1 saturated carbocycles. The van der Waals surface area contributed by atoms with Crippen LogP contribution >= 0.6 is 23.2 Å². The lowest BCUT2D eigenvalue weighted by molar-refractivity contribution is -0.111. The van der Waals surface area contributed by atoms with Gasteiger partial charge in [0, 0.05) is 48.9 Å². The molecule has 1 saturated heterocycles. The molecule has 0 aromatic heterocycles. The molecular weight excluding hydrogens is 584 g/mol. The SMILES string of the molecule is C=C1CCC(C(C=N)C=NC2CCN(CCCC(C=O)CNC)CC2)C=C(C2CC2C(C)c2c(Cl)ccc(F)c2Cl)C1=N. The number of carbonyl (C=O) groups is 1. The van der Waals surface area contributed by atoms with Crippen molar-refractivity contribution in [1.82, 2.24) is 10.2 Å². The topological polar surface area (TPSA) is 92.4 Å². The number of benzene rings is 1. The standard InChI is InChI=1S/C34H46Cl2FN5O/c1-21-6-7-24(15-29(34(21)39)28-16-27(28)22(2)32-30(35)8-9-31(37)33(32)36)25(17-38)19-41-26-10-13-42(14-11-26)12-4-5-23(20-43)18-40-3/h8-9,15,17,19-20,22-28,38-40H,1,4-7,10-14,16,18H2,2-3H3. The summed E-state index contributed by atoms with van der Waals surface area (Å²) in [6, 6.07) is 3.11. The molecule has 1 aliphatic heterocycles. The van der Waals surface area contributed by atoms with E-state index in [4.69, 9.17) is 39.0 Å². The lowest BCUT2D eigenvalue weighted by atomic mass is 9.87. The van der Waals surface area contributed by atoms with E-state index in [2.05, 4.69) is 22.9 Å². The molecule has 9 heteroatoms. The van der Waals surface area contributed by atoms with E-state index in [-0.39, 0.29) is 46.6 Å². The Balaban J connectivity index is 1.37. The molecule has 0 amide bonds. The Morgan fingerprint density at radius 2 is 2.00 bits per heavy atom. The minimum Gasteiger partial charge on any atom is -0.319 e. The highest BCUT2D eigenvalue weighted by atomic mass is 35.5. The number of hydrogen-bond donors (Lipinski definition) is 3. The second-order valence-electron chi connectivity index (χ2n) is 12.6. The molecule has 43 heavy (non-hydrogen) atoms. The Morgan fingerprint density at radius 1 is 1.26 bits per heavy atom. The third-order valence-corrected chi connectivity index (χ3v) is 10.4. The van der Waals surface area contributed by atoms with Crippen molar-refractivity contribution in [3.05, 3.63) is 57.4 Å². The second kappa shape index (κ2) is 15.7. The van der Waals surface area contributed by atoms with Crippen molar-refractivity contribution >= 4 is 47.6 Å². The number of halogens is 3. The third-order valence-electron chi connectivity index (χ3n) is 9.65. The Hall–Kier alpha value is -2.19. The molecule has 6 unspecified atom stereocenters. The summed E-state index contributed by atoms with van der Waals surface area (Å²) in [6.07, 6.45) is 13.1. The van der Waals surface area contributed by atoms with Crippen LogP contribution in [0.3, 0.4) is 0 Å². The summed E-state index contributed by atoms with van der Waals surface area (Å²) in [7, 11) is 1.88. The first-order valence-corrected chi connectivity index (χ1v) is 16.4. The summed E-state index contributed by atoms with van der Waals surface area (Å²) in [5.41, 5.74) is 2.94. The summed E-state index contributed by atoms with van der Waals surface area (Å²) in [4.78, 5) is 18.6. The lowest BCUT2D eigenvalue weighted by Crippen LogP contribution is -2.36. The second-order valence-corrected chi connectivity index (χ2v) is 13.4. The molecule has 4 rings (SSSR count). The number of aldehydes is 1. The van der Waals surface area contributed by atoms with E-state index in [0.29, 0.717) is 22.7 Å². The molecule has 2 fully saturated rings. The third kappa shape index (κ3) is 8.50. The first-order chi connectivity index (χ1) is 20.7. The average molecular weight is 631 g/mol. The highest BCUT2D eigenvalue weighted by Gasteiger charge is 2.46. The van der Waals surface area contributed by atoms with Gasteiger partial charge in [-0.1, -0.05) is 42.8 Å². The fourth-order valence-corrected chi connectivity index (χ4v) is 7.54. The number of carbonyl (C=O) groups excluding carboxylic acids is 1. The summed E-state index contributed by atoms with van der Waals surface area (Å²) in [6.45, 7) is 9.99. The van der Waals surface area contributed by atoms with Crippen LogP contribution in [0.5, 0.6) is 0 Å². The van der Waals surface area contributed by atoms with Gasteiger partial charge in [-0.05, 0) is 111 Å². The van der Waals surface area contributed by atoms with Crippen molar-refractivity contribution < 1.29 is 9.18 Å². The highest BCUT2D eigenvalue weighted by Crippen LogP contribution is 2.55.